The maximum Gasteiger partial charge on any atom is 0.324 e. The highest BCUT2D eigenvalue weighted by Gasteiger charge is 2.39. The molecule has 6 nitrogen and oxygen atoms in total. The van der Waals surface area contributed by atoms with Crippen LogP contribution in [0.25, 0.3) is 0 Å². The average Bonchev–Trinajstić information content (AvgIpc) is 2.82. The van der Waals surface area contributed by atoms with Gasteiger partial charge in [-0.15, -0.1) is 0 Å². The summed E-state index contributed by atoms with van der Waals surface area (Å²) in [5.41, 5.74) is 2.42. The number of carbonyl (C=O) groups excluding carboxylic acids is 3. The van der Waals surface area contributed by atoms with Gasteiger partial charge in [0.2, 0.25) is 11.8 Å². The molecule has 2 N–H and O–H groups in total. The number of halogens is 1. The van der Waals surface area contributed by atoms with Crippen molar-refractivity contribution in [3.63, 3.8) is 0 Å². The van der Waals surface area contributed by atoms with E-state index in [1.807, 2.05) is 60.7 Å². The summed E-state index contributed by atoms with van der Waals surface area (Å²) in [7, 11) is 0. The van der Waals surface area contributed by atoms with Crippen LogP contribution in [0.4, 0.5) is 4.79 Å². The van der Waals surface area contributed by atoms with Crippen LogP contribution in [0.5, 0.6) is 0 Å². The number of hydrogen-bond donors (Lipinski definition) is 2. The summed E-state index contributed by atoms with van der Waals surface area (Å²) in [6.07, 6.45) is 0. The number of amides is 4. The van der Waals surface area contributed by atoms with E-state index < -0.39 is 29.8 Å². The number of nitrogens with one attached hydrogen (secondary N) is 2. The monoisotopic (exact) mass is 447 g/mol. The number of benzene rings is 3. The fraction of sp³-hybridized carbons (Fsp3) is 0.160. The van der Waals surface area contributed by atoms with Crippen LogP contribution in [0.15, 0.2) is 84.9 Å². The SMILES string of the molecule is O=C(NC(c1ccccc1)c1ccccc1)C1CNC(=O)N(Cc2ccccc2Cl)C1=O. The predicted molar refractivity (Wildman–Crippen MR) is 122 cm³/mol. The van der Waals surface area contributed by atoms with Gasteiger partial charge in [-0.2, -0.15) is 0 Å². The fourth-order valence-corrected chi connectivity index (χ4v) is 3.90. The minimum atomic E-state index is -1.04. The molecule has 0 radical (unpaired) electrons. The first-order valence-electron chi connectivity index (χ1n) is 10.3. The van der Waals surface area contributed by atoms with Crippen molar-refractivity contribution in [2.24, 2.45) is 5.92 Å². The van der Waals surface area contributed by atoms with Crippen LogP contribution in [0, 0.1) is 5.92 Å². The largest absolute Gasteiger partial charge is 0.344 e. The summed E-state index contributed by atoms with van der Waals surface area (Å²) >= 11 is 6.19. The molecule has 1 unspecified atom stereocenters. The molecule has 3 aromatic rings. The van der Waals surface area contributed by atoms with E-state index in [1.54, 1.807) is 24.3 Å². The van der Waals surface area contributed by atoms with Gasteiger partial charge in [0.1, 0.15) is 5.92 Å². The quantitative estimate of drug-likeness (QED) is 0.562. The van der Waals surface area contributed by atoms with Crippen molar-refractivity contribution >= 4 is 29.4 Å². The molecule has 1 saturated heterocycles. The van der Waals surface area contributed by atoms with Crippen LogP contribution in [0.3, 0.4) is 0 Å². The second-order valence-electron chi connectivity index (χ2n) is 7.52. The average molecular weight is 448 g/mol. The van der Waals surface area contributed by atoms with Crippen LogP contribution in [0.2, 0.25) is 5.02 Å². The number of rotatable bonds is 6. The molecular formula is C25H22ClN3O3. The number of hydrogen-bond acceptors (Lipinski definition) is 3. The third-order valence-corrected chi connectivity index (χ3v) is 5.79. The Bertz CT molecular complexity index is 1080. The van der Waals surface area contributed by atoms with Gasteiger partial charge in [-0.05, 0) is 22.8 Å². The lowest BCUT2D eigenvalue weighted by Gasteiger charge is -2.32. The van der Waals surface area contributed by atoms with E-state index in [2.05, 4.69) is 10.6 Å². The van der Waals surface area contributed by atoms with Crippen LogP contribution in [-0.2, 0) is 16.1 Å². The Morgan fingerprint density at radius 3 is 2.09 bits per heavy atom. The molecule has 1 fully saturated rings. The minimum absolute atomic E-state index is 0.00504. The topological polar surface area (TPSA) is 78.5 Å². The second kappa shape index (κ2) is 9.66. The molecule has 4 rings (SSSR count). The smallest absolute Gasteiger partial charge is 0.324 e. The molecule has 0 aliphatic carbocycles. The number of carbonyl (C=O) groups is 3. The minimum Gasteiger partial charge on any atom is -0.344 e. The first-order chi connectivity index (χ1) is 15.5. The van der Waals surface area contributed by atoms with E-state index in [4.69, 9.17) is 11.6 Å². The van der Waals surface area contributed by atoms with Crippen molar-refractivity contribution < 1.29 is 14.4 Å². The van der Waals surface area contributed by atoms with E-state index >= 15 is 0 Å². The van der Waals surface area contributed by atoms with E-state index in [0.29, 0.717) is 10.6 Å². The lowest BCUT2D eigenvalue weighted by molar-refractivity contribution is -0.141. The highest BCUT2D eigenvalue weighted by atomic mass is 35.5. The third kappa shape index (κ3) is 4.65. The summed E-state index contributed by atoms with van der Waals surface area (Å²) in [6, 6.07) is 25.1. The Labute approximate surface area is 191 Å². The van der Waals surface area contributed by atoms with E-state index in [9.17, 15) is 14.4 Å². The van der Waals surface area contributed by atoms with Gasteiger partial charge in [0, 0.05) is 11.6 Å². The molecule has 1 atom stereocenters. The van der Waals surface area contributed by atoms with Gasteiger partial charge in [-0.3, -0.25) is 14.5 Å². The standard InChI is InChI=1S/C25H22ClN3O3/c26-21-14-8-7-13-19(21)16-29-24(31)20(15-27-25(29)32)23(30)28-22(17-9-3-1-4-10-17)18-11-5-2-6-12-18/h1-14,20,22H,15-16H2,(H,27,32)(H,28,30). The van der Waals surface area contributed by atoms with Crippen LogP contribution in [-0.4, -0.2) is 29.3 Å². The maximum absolute atomic E-state index is 13.2. The zero-order chi connectivity index (χ0) is 22.5. The van der Waals surface area contributed by atoms with Gasteiger partial charge in [0.15, 0.2) is 0 Å². The molecule has 3 aromatic carbocycles. The Morgan fingerprint density at radius 1 is 0.938 bits per heavy atom. The Kier molecular flexibility index (Phi) is 6.52. The molecular weight excluding hydrogens is 426 g/mol. The lowest BCUT2D eigenvalue weighted by Crippen LogP contribution is -2.58. The molecule has 1 heterocycles. The summed E-state index contributed by atoms with van der Waals surface area (Å²) < 4.78 is 0. The van der Waals surface area contributed by atoms with Gasteiger partial charge in [-0.25, -0.2) is 4.79 Å². The summed E-state index contributed by atoms with van der Waals surface area (Å²) in [6.45, 7) is -0.0618. The number of nitrogens with zero attached hydrogens (tertiary/aromatic N) is 1. The Morgan fingerprint density at radius 2 is 1.50 bits per heavy atom. The van der Waals surface area contributed by atoms with Crippen LogP contribution in [0.1, 0.15) is 22.7 Å². The third-order valence-electron chi connectivity index (χ3n) is 5.42. The highest BCUT2D eigenvalue weighted by molar-refractivity contribution is 6.31. The van der Waals surface area contributed by atoms with Gasteiger partial charge in [-0.1, -0.05) is 90.5 Å². The summed E-state index contributed by atoms with van der Waals surface area (Å²) in [5, 5.41) is 6.10. The highest BCUT2D eigenvalue weighted by Crippen LogP contribution is 2.24. The van der Waals surface area contributed by atoms with Crippen molar-refractivity contribution in [3.8, 4) is 0 Å². The van der Waals surface area contributed by atoms with Gasteiger partial charge in [0.25, 0.3) is 0 Å². The van der Waals surface area contributed by atoms with E-state index in [0.717, 1.165) is 16.0 Å². The zero-order valence-corrected chi connectivity index (χ0v) is 18.0. The lowest BCUT2D eigenvalue weighted by atomic mass is 9.97. The molecule has 0 saturated carbocycles. The van der Waals surface area contributed by atoms with E-state index in [-0.39, 0.29) is 13.1 Å². The zero-order valence-electron chi connectivity index (χ0n) is 17.2. The van der Waals surface area contributed by atoms with Gasteiger partial charge >= 0.3 is 6.03 Å². The molecule has 7 heteroatoms. The molecule has 4 amide bonds. The summed E-state index contributed by atoms with van der Waals surface area (Å²) in [4.78, 5) is 39.7. The van der Waals surface area contributed by atoms with Crippen molar-refractivity contribution in [2.45, 2.75) is 12.6 Å². The summed E-state index contributed by atoms with van der Waals surface area (Å²) in [5.74, 6) is -2.03. The van der Waals surface area contributed by atoms with Gasteiger partial charge < -0.3 is 10.6 Å². The first kappa shape index (κ1) is 21.6. The molecule has 0 aromatic heterocycles. The Balaban J connectivity index is 1.55. The van der Waals surface area contributed by atoms with Gasteiger partial charge in [0.05, 0.1) is 12.6 Å². The number of urea groups is 1. The van der Waals surface area contributed by atoms with Crippen molar-refractivity contribution in [3.05, 3.63) is 107 Å². The fourth-order valence-electron chi connectivity index (χ4n) is 3.70. The molecule has 0 spiro atoms. The second-order valence-corrected chi connectivity index (χ2v) is 7.92. The molecule has 1 aliphatic heterocycles. The van der Waals surface area contributed by atoms with E-state index in [1.165, 1.54) is 0 Å². The van der Waals surface area contributed by atoms with Crippen LogP contribution < -0.4 is 10.6 Å². The normalized spacial score (nSPS) is 16.1. The number of imide groups is 1. The van der Waals surface area contributed by atoms with Crippen LogP contribution >= 0.6 is 11.6 Å². The molecule has 1 aliphatic rings. The van der Waals surface area contributed by atoms with Crippen molar-refractivity contribution in [2.75, 3.05) is 6.54 Å². The first-order valence-corrected chi connectivity index (χ1v) is 10.7. The molecule has 162 valence electrons. The Hall–Kier alpha value is -3.64. The maximum atomic E-state index is 13.2. The van der Waals surface area contributed by atoms with Crippen molar-refractivity contribution in [1.29, 1.82) is 0 Å². The molecule has 0 bridgehead atoms. The predicted octanol–water partition coefficient (Wildman–Crippen LogP) is 3.91. The van der Waals surface area contributed by atoms with Crippen molar-refractivity contribution in [1.82, 2.24) is 15.5 Å². The molecule has 32 heavy (non-hydrogen) atoms.